The zero-order valence-electron chi connectivity index (χ0n) is 19.0. The molecule has 2 aromatic rings. The summed E-state index contributed by atoms with van der Waals surface area (Å²) in [6.45, 7) is 2.97. The number of nitrogens with zero attached hydrogens (tertiary/aromatic N) is 3. The number of halogens is 3. The number of hydrogen-bond acceptors (Lipinski definition) is 6. The molecule has 4 N–H and O–H groups in total. The number of hydrogen-bond donors (Lipinski definition) is 3. The smallest absolute Gasteiger partial charge is 0.289 e. The summed E-state index contributed by atoms with van der Waals surface area (Å²) >= 11 is 6.24. The second-order valence-corrected chi connectivity index (χ2v) is 8.26. The molecule has 1 aromatic heterocycles. The number of methoxy groups -OCH3 is 1. The second-order valence-electron chi connectivity index (χ2n) is 7.82. The average Bonchev–Trinajstić information content (AvgIpc) is 2.75. The first-order valence-corrected chi connectivity index (χ1v) is 11.2. The molecule has 1 aliphatic rings. The van der Waals surface area contributed by atoms with Gasteiger partial charge in [0.15, 0.2) is 0 Å². The van der Waals surface area contributed by atoms with Crippen LogP contribution in [0.3, 0.4) is 0 Å². The summed E-state index contributed by atoms with van der Waals surface area (Å²) in [5, 5.41) is 7.76. The number of carbonyl (C=O) groups excluding carboxylic acids is 1. The molecule has 1 aliphatic carbocycles. The molecule has 184 valence electrons. The normalized spacial score (nSPS) is 18.2. The molecule has 33 heavy (non-hydrogen) atoms. The van der Waals surface area contributed by atoms with Crippen LogP contribution in [0.25, 0.3) is 10.9 Å². The number of unbranched alkanes of at least 4 members (excludes halogenated alkanes) is 1. The minimum absolute atomic E-state index is 0. The molecule has 1 heterocycles. The Morgan fingerprint density at radius 3 is 2.76 bits per heavy atom. The molecule has 0 bridgehead atoms. The summed E-state index contributed by atoms with van der Waals surface area (Å²) in [5.74, 6) is 0.928. The Kier molecular flexibility index (Phi) is 12.7. The lowest BCUT2D eigenvalue weighted by atomic mass is 9.90. The molecule has 8 nitrogen and oxygen atoms in total. The van der Waals surface area contributed by atoms with Gasteiger partial charge in [0.05, 0.1) is 11.6 Å². The monoisotopic (exact) mass is 518 g/mol. The number of aliphatic imine (C=N–C) groups is 1. The van der Waals surface area contributed by atoms with Crippen molar-refractivity contribution in [1.29, 1.82) is 0 Å². The second kappa shape index (κ2) is 14.4. The Balaban J connectivity index is 0.00000272. The summed E-state index contributed by atoms with van der Waals surface area (Å²) in [6, 6.07) is 5.43. The maximum Gasteiger partial charge on any atom is 0.289 e. The molecule has 11 heteroatoms. The largest absolute Gasteiger partial charge is 0.386 e. The van der Waals surface area contributed by atoms with Gasteiger partial charge in [-0.05, 0) is 37.5 Å². The first kappa shape index (κ1) is 29.2. The van der Waals surface area contributed by atoms with Crippen molar-refractivity contribution in [3.05, 3.63) is 29.0 Å². The highest BCUT2D eigenvalue weighted by Crippen LogP contribution is 2.29. The van der Waals surface area contributed by atoms with Crippen LogP contribution in [0.15, 0.2) is 23.2 Å². The molecule has 1 aromatic carbocycles. The van der Waals surface area contributed by atoms with E-state index in [0.29, 0.717) is 35.3 Å². The van der Waals surface area contributed by atoms with Crippen LogP contribution in [0, 0.1) is 0 Å². The molecular weight excluding hydrogens is 487 g/mol. The molecule has 3 rings (SSSR count). The highest BCUT2D eigenvalue weighted by atomic mass is 35.5. The van der Waals surface area contributed by atoms with Crippen LogP contribution in [0.2, 0.25) is 5.02 Å². The van der Waals surface area contributed by atoms with Crippen LogP contribution in [-0.4, -0.2) is 54.1 Å². The van der Waals surface area contributed by atoms with Crippen molar-refractivity contribution < 1.29 is 9.53 Å². The fraction of sp³-hybridized carbons (Fsp3) is 0.545. The summed E-state index contributed by atoms with van der Waals surface area (Å²) in [6.07, 6.45) is 5.94. The van der Waals surface area contributed by atoms with E-state index in [4.69, 9.17) is 22.1 Å². The predicted molar refractivity (Wildman–Crippen MR) is 139 cm³/mol. The number of rotatable bonds is 9. The van der Waals surface area contributed by atoms with Crippen LogP contribution in [0.4, 0.5) is 5.82 Å². The van der Waals surface area contributed by atoms with Crippen molar-refractivity contribution in [1.82, 2.24) is 15.3 Å². The van der Waals surface area contributed by atoms with E-state index in [1.807, 2.05) is 6.07 Å². The Bertz CT molecular complexity index is 944. The maximum atomic E-state index is 12.6. The lowest BCUT2D eigenvalue weighted by Crippen LogP contribution is -2.38. The predicted octanol–water partition coefficient (Wildman–Crippen LogP) is 4.38. The van der Waals surface area contributed by atoms with E-state index in [0.717, 1.165) is 43.9 Å². The molecular formula is C22H33Cl3N6O2. The standard InChI is InChI=1S/C22H31ClN6O2.2ClH/c1-3-4-11-25-22(30)21-27-16-10-9-14(23)12-15(16)20(29-21)28-18-8-6-5-7-17(18)26-19(24)13-31-2;;/h9-10,12,17-18H,3-8,11,13H2,1-2H3,(H2,24,26)(H,25,30)(H,27,28,29);2*1H/t17-,18+;;/m1../s1. The summed E-state index contributed by atoms with van der Waals surface area (Å²) in [7, 11) is 1.60. The number of nitrogens with two attached hydrogens (primary N) is 1. The maximum absolute atomic E-state index is 12.6. The van der Waals surface area contributed by atoms with E-state index in [2.05, 4.69) is 32.5 Å². The number of nitrogens with one attached hydrogen (secondary N) is 2. The van der Waals surface area contributed by atoms with Gasteiger partial charge in [0.1, 0.15) is 18.3 Å². The van der Waals surface area contributed by atoms with Crippen molar-refractivity contribution in [2.45, 2.75) is 57.5 Å². The van der Waals surface area contributed by atoms with Gasteiger partial charge in [0, 0.05) is 30.1 Å². The van der Waals surface area contributed by atoms with Crippen LogP contribution in [0.1, 0.15) is 56.1 Å². The van der Waals surface area contributed by atoms with E-state index in [1.54, 1.807) is 19.2 Å². The summed E-state index contributed by atoms with van der Waals surface area (Å²) in [5.41, 5.74) is 6.67. The number of ether oxygens (including phenoxy) is 1. The lowest BCUT2D eigenvalue weighted by molar-refractivity contribution is 0.0943. The Morgan fingerprint density at radius 2 is 2.03 bits per heavy atom. The first-order chi connectivity index (χ1) is 15.0. The van der Waals surface area contributed by atoms with Gasteiger partial charge in [0.25, 0.3) is 5.91 Å². The number of benzene rings is 1. The van der Waals surface area contributed by atoms with Gasteiger partial charge in [-0.15, -0.1) is 24.8 Å². The third-order valence-electron chi connectivity index (χ3n) is 5.35. The van der Waals surface area contributed by atoms with Crippen LogP contribution >= 0.6 is 36.4 Å². The zero-order chi connectivity index (χ0) is 22.2. The van der Waals surface area contributed by atoms with E-state index in [-0.39, 0.29) is 48.6 Å². The molecule has 1 fully saturated rings. The molecule has 0 spiro atoms. The van der Waals surface area contributed by atoms with Gasteiger partial charge in [-0.2, -0.15) is 0 Å². The fourth-order valence-corrected chi connectivity index (χ4v) is 3.95. The van der Waals surface area contributed by atoms with E-state index < -0.39 is 0 Å². The van der Waals surface area contributed by atoms with Gasteiger partial charge >= 0.3 is 0 Å². The molecule has 0 unspecified atom stereocenters. The lowest BCUT2D eigenvalue weighted by Gasteiger charge is -2.30. The molecule has 2 atom stereocenters. The van der Waals surface area contributed by atoms with Gasteiger partial charge in [0.2, 0.25) is 5.82 Å². The minimum atomic E-state index is -0.282. The average molecular weight is 520 g/mol. The van der Waals surface area contributed by atoms with Crippen LogP contribution in [-0.2, 0) is 4.74 Å². The van der Waals surface area contributed by atoms with Crippen LogP contribution < -0.4 is 16.4 Å². The highest BCUT2D eigenvalue weighted by Gasteiger charge is 2.26. The van der Waals surface area contributed by atoms with Gasteiger partial charge < -0.3 is 21.1 Å². The SMILES string of the molecule is CCCCNC(=O)c1nc(N[C@H]2CCCC[C@H]2N=C(N)COC)c2cc(Cl)ccc2n1.Cl.Cl. The van der Waals surface area contributed by atoms with E-state index in [1.165, 1.54) is 0 Å². The quantitative estimate of drug-likeness (QED) is 0.257. The highest BCUT2D eigenvalue weighted by molar-refractivity contribution is 6.31. The van der Waals surface area contributed by atoms with Crippen molar-refractivity contribution >= 4 is 64.9 Å². The molecule has 0 radical (unpaired) electrons. The van der Waals surface area contributed by atoms with Crippen LogP contribution in [0.5, 0.6) is 0 Å². The van der Waals surface area contributed by atoms with E-state index in [9.17, 15) is 4.79 Å². The van der Waals surface area contributed by atoms with Gasteiger partial charge in [-0.1, -0.05) is 37.8 Å². The number of amidine groups is 1. The topological polar surface area (TPSA) is 115 Å². The molecule has 1 amide bonds. The summed E-state index contributed by atoms with van der Waals surface area (Å²) < 4.78 is 5.10. The fourth-order valence-electron chi connectivity index (χ4n) is 3.78. The van der Waals surface area contributed by atoms with Gasteiger partial charge in [-0.25, -0.2) is 9.97 Å². The van der Waals surface area contributed by atoms with Gasteiger partial charge in [-0.3, -0.25) is 9.79 Å². The Morgan fingerprint density at radius 1 is 1.27 bits per heavy atom. The Labute approximate surface area is 212 Å². The summed E-state index contributed by atoms with van der Waals surface area (Å²) in [4.78, 5) is 26.3. The van der Waals surface area contributed by atoms with Crippen molar-refractivity contribution in [3.63, 3.8) is 0 Å². The van der Waals surface area contributed by atoms with E-state index >= 15 is 0 Å². The van der Waals surface area contributed by atoms with Crippen molar-refractivity contribution in [3.8, 4) is 0 Å². The molecule has 0 aliphatic heterocycles. The number of fused-ring (bicyclic) bond motifs is 1. The minimum Gasteiger partial charge on any atom is -0.386 e. The number of aromatic nitrogens is 2. The number of carbonyl (C=O) groups is 1. The number of anilines is 1. The Hall–Kier alpha value is -1.87. The third-order valence-corrected chi connectivity index (χ3v) is 5.59. The number of amides is 1. The third kappa shape index (κ3) is 8.14. The zero-order valence-corrected chi connectivity index (χ0v) is 21.4. The molecule has 0 saturated heterocycles. The van der Waals surface area contributed by atoms with Crippen molar-refractivity contribution in [2.75, 3.05) is 25.6 Å². The molecule has 1 saturated carbocycles. The van der Waals surface area contributed by atoms with Crippen molar-refractivity contribution in [2.24, 2.45) is 10.7 Å². The first-order valence-electron chi connectivity index (χ1n) is 10.8.